The Morgan fingerprint density at radius 2 is 1.76 bits per heavy atom. The second-order valence-electron chi connectivity index (χ2n) is 12.2. The predicted molar refractivity (Wildman–Crippen MR) is 169 cm³/mol. The summed E-state index contributed by atoms with van der Waals surface area (Å²) in [5.41, 5.74) is 4.95. The lowest BCUT2D eigenvalue weighted by atomic mass is 9.87. The van der Waals surface area contributed by atoms with E-state index in [1.54, 1.807) is 38.1 Å². The SMILES string of the molecule is CC(=O)O[C@H]1[C@@H](OC(C)=O)[C@](C#N)(c2ccc3c(N)ncnn23)O[C@@H]1CO[P@@](=O)(OCOC(=O)OC(C)C)Oc1ccc(C(C)(C)C)cc1. The van der Waals surface area contributed by atoms with Crippen LogP contribution in [-0.2, 0) is 57.9 Å². The Kier molecular flexibility index (Phi) is 11.2. The summed E-state index contributed by atoms with van der Waals surface area (Å²) < 4.78 is 59.0. The Morgan fingerprint density at radius 1 is 1.08 bits per heavy atom. The predicted octanol–water partition coefficient (Wildman–Crippen LogP) is 4.33. The molecular formula is C31H38N5O12P. The molecule has 0 amide bonds. The number of nitrogens with two attached hydrogens (primary N) is 1. The van der Waals surface area contributed by atoms with Gasteiger partial charge in [0.1, 0.15) is 29.8 Å². The molecule has 2 aromatic heterocycles. The highest BCUT2D eigenvalue weighted by Crippen LogP contribution is 2.51. The average molecular weight is 704 g/mol. The molecule has 49 heavy (non-hydrogen) atoms. The van der Waals surface area contributed by atoms with Crippen molar-refractivity contribution in [1.29, 1.82) is 5.26 Å². The van der Waals surface area contributed by atoms with Crippen molar-refractivity contribution >= 4 is 37.3 Å². The number of anilines is 1. The molecule has 0 saturated carbocycles. The van der Waals surface area contributed by atoms with Crippen molar-refractivity contribution in [2.75, 3.05) is 19.1 Å². The number of carbonyl (C=O) groups is 3. The first-order chi connectivity index (χ1) is 23.0. The highest BCUT2D eigenvalue weighted by molar-refractivity contribution is 7.48. The first-order valence-corrected chi connectivity index (χ1v) is 16.5. The molecule has 1 aliphatic rings. The molecule has 3 aromatic rings. The van der Waals surface area contributed by atoms with E-state index in [-0.39, 0.29) is 22.7 Å². The fourth-order valence-corrected chi connectivity index (χ4v) is 6.01. The third-order valence-electron chi connectivity index (χ3n) is 7.08. The number of phosphoric acid groups is 1. The number of nitrogens with zero attached hydrogens (tertiary/aromatic N) is 4. The van der Waals surface area contributed by atoms with Crippen LogP contribution in [0.1, 0.15) is 59.7 Å². The highest BCUT2D eigenvalue weighted by Gasteiger charge is 2.62. The lowest BCUT2D eigenvalue weighted by Gasteiger charge is -2.28. The number of nitriles is 1. The number of phosphoric ester groups is 1. The fourth-order valence-electron chi connectivity index (χ4n) is 4.94. The summed E-state index contributed by atoms with van der Waals surface area (Å²) in [4.78, 5) is 40.5. The van der Waals surface area contributed by atoms with Crippen LogP contribution in [-0.4, -0.2) is 70.5 Å². The lowest BCUT2D eigenvalue weighted by molar-refractivity contribution is -0.166. The van der Waals surface area contributed by atoms with Gasteiger partial charge in [0.25, 0.3) is 0 Å². The number of ether oxygens (including phenoxy) is 5. The van der Waals surface area contributed by atoms with Crippen molar-refractivity contribution in [3.63, 3.8) is 0 Å². The van der Waals surface area contributed by atoms with Crippen LogP contribution in [0.2, 0.25) is 0 Å². The minimum atomic E-state index is -4.69. The van der Waals surface area contributed by atoms with Gasteiger partial charge in [-0.05, 0) is 49.1 Å². The summed E-state index contributed by atoms with van der Waals surface area (Å²) in [6.07, 6.45) is -4.94. The van der Waals surface area contributed by atoms with Gasteiger partial charge in [-0.2, -0.15) is 10.4 Å². The largest absolute Gasteiger partial charge is 0.533 e. The summed E-state index contributed by atoms with van der Waals surface area (Å²) in [6, 6.07) is 11.6. The van der Waals surface area contributed by atoms with Gasteiger partial charge >= 0.3 is 25.9 Å². The maximum atomic E-state index is 14.0. The lowest BCUT2D eigenvalue weighted by Crippen LogP contribution is -2.45. The van der Waals surface area contributed by atoms with Crippen molar-refractivity contribution in [3.8, 4) is 11.8 Å². The zero-order valence-electron chi connectivity index (χ0n) is 28.0. The molecule has 0 radical (unpaired) electrons. The van der Waals surface area contributed by atoms with Gasteiger partial charge in [-0.25, -0.2) is 23.4 Å². The normalized spacial score (nSPS) is 21.8. The molecule has 18 heteroatoms. The van der Waals surface area contributed by atoms with Gasteiger partial charge in [0.15, 0.2) is 18.0 Å². The zero-order valence-corrected chi connectivity index (χ0v) is 28.9. The number of hydrogen-bond donors (Lipinski definition) is 1. The second kappa shape index (κ2) is 14.8. The van der Waals surface area contributed by atoms with Crippen LogP contribution in [0, 0.1) is 11.3 Å². The van der Waals surface area contributed by atoms with E-state index in [2.05, 4.69) is 10.1 Å². The number of hydrogen-bond acceptors (Lipinski definition) is 16. The smallest absolute Gasteiger partial charge is 0.456 e. The van der Waals surface area contributed by atoms with E-state index in [4.69, 9.17) is 43.0 Å². The molecule has 17 nitrogen and oxygen atoms in total. The summed E-state index contributed by atoms with van der Waals surface area (Å²) >= 11 is 0. The summed E-state index contributed by atoms with van der Waals surface area (Å²) in [6.45, 7) is 9.81. The van der Waals surface area contributed by atoms with Gasteiger partial charge in [-0.1, -0.05) is 32.9 Å². The van der Waals surface area contributed by atoms with E-state index >= 15 is 0 Å². The number of nitrogen functional groups attached to an aromatic ring is 1. The third kappa shape index (κ3) is 8.65. The van der Waals surface area contributed by atoms with Gasteiger partial charge < -0.3 is 33.9 Å². The van der Waals surface area contributed by atoms with Crippen LogP contribution in [0.15, 0.2) is 42.7 Å². The Labute approximate surface area is 282 Å². The van der Waals surface area contributed by atoms with E-state index in [1.807, 2.05) is 26.8 Å². The minimum Gasteiger partial charge on any atom is -0.456 e. The molecule has 5 atom stereocenters. The number of aromatic nitrogens is 3. The molecule has 0 aliphatic carbocycles. The molecule has 0 unspecified atom stereocenters. The van der Waals surface area contributed by atoms with Crippen LogP contribution in [0.3, 0.4) is 0 Å². The topological polar surface area (TPSA) is 222 Å². The molecule has 0 spiro atoms. The molecule has 4 rings (SSSR count). The molecule has 264 valence electrons. The van der Waals surface area contributed by atoms with Crippen LogP contribution in [0.5, 0.6) is 5.75 Å². The molecule has 2 N–H and O–H groups in total. The average Bonchev–Trinajstić information content (AvgIpc) is 3.56. The molecule has 1 saturated heterocycles. The number of benzene rings is 1. The first kappa shape index (κ1) is 37.1. The van der Waals surface area contributed by atoms with Crippen molar-refractivity contribution in [3.05, 3.63) is 54.0 Å². The van der Waals surface area contributed by atoms with Gasteiger partial charge in [0.05, 0.1) is 18.4 Å². The van der Waals surface area contributed by atoms with Crippen molar-refractivity contribution in [2.45, 2.75) is 83.9 Å². The fraction of sp³-hybridized carbons (Fsp3) is 0.484. The number of rotatable bonds is 12. The van der Waals surface area contributed by atoms with Crippen LogP contribution >= 0.6 is 7.82 Å². The Morgan fingerprint density at radius 3 is 2.35 bits per heavy atom. The van der Waals surface area contributed by atoms with E-state index in [0.717, 1.165) is 25.7 Å². The van der Waals surface area contributed by atoms with Gasteiger partial charge in [-0.3, -0.25) is 14.1 Å². The number of fused-ring (bicyclic) bond motifs is 1. The van der Waals surface area contributed by atoms with Gasteiger partial charge in [0, 0.05) is 13.8 Å². The van der Waals surface area contributed by atoms with Crippen molar-refractivity contribution in [1.82, 2.24) is 14.6 Å². The minimum absolute atomic E-state index is 0.0525. The monoisotopic (exact) mass is 703 g/mol. The maximum Gasteiger partial charge on any atom is 0.533 e. The van der Waals surface area contributed by atoms with Crippen molar-refractivity contribution in [2.24, 2.45) is 0 Å². The molecular weight excluding hydrogens is 665 g/mol. The van der Waals surface area contributed by atoms with E-state index < -0.39 is 69.3 Å². The van der Waals surface area contributed by atoms with Crippen molar-refractivity contribution < 1.29 is 56.2 Å². The molecule has 1 aromatic carbocycles. The Hall–Kier alpha value is -4.75. The molecule has 1 fully saturated rings. The van der Waals surface area contributed by atoms with E-state index in [0.29, 0.717) is 5.52 Å². The van der Waals surface area contributed by atoms with E-state index in [9.17, 15) is 24.2 Å². The molecule has 0 bridgehead atoms. The van der Waals surface area contributed by atoms with Crippen LogP contribution in [0.4, 0.5) is 10.6 Å². The quantitative estimate of drug-likeness (QED) is 0.120. The summed E-state index contributed by atoms with van der Waals surface area (Å²) in [5.74, 6) is -1.49. The number of esters is 2. The Bertz CT molecular complexity index is 1770. The number of carbonyl (C=O) groups excluding carboxylic acids is 3. The van der Waals surface area contributed by atoms with Crippen LogP contribution in [0.25, 0.3) is 5.52 Å². The standard InChI is InChI=1S/C31H38N5O12P/c1-18(2)44-29(39)41-17-43-49(40,48-22-10-8-21(9-11-22)30(5,6)7)42-14-24-26(45-19(3)37)27(46-20(4)38)31(15-32,47-24)25-13-12-23-28(33)34-16-35-36(23)25/h8-13,16,18,24,26-27H,14,17H2,1-7H3,(H2,33,34,35)/t24-,26-,27-,31+,49+/m1/s1. The molecule has 3 heterocycles. The zero-order chi connectivity index (χ0) is 36.1. The highest BCUT2D eigenvalue weighted by atomic mass is 31.2. The van der Waals surface area contributed by atoms with Gasteiger partial charge in [-0.15, -0.1) is 0 Å². The summed E-state index contributed by atoms with van der Waals surface area (Å²) in [5, 5.41) is 14.8. The molecule has 1 aliphatic heterocycles. The first-order valence-electron chi connectivity index (χ1n) is 15.0. The summed E-state index contributed by atoms with van der Waals surface area (Å²) in [7, 11) is -4.69. The third-order valence-corrected chi connectivity index (χ3v) is 8.40. The van der Waals surface area contributed by atoms with E-state index in [1.165, 1.54) is 16.6 Å². The Balaban J connectivity index is 1.69. The maximum absolute atomic E-state index is 14.0. The van der Waals surface area contributed by atoms with Gasteiger partial charge in [0.2, 0.25) is 12.4 Å². The second-order valence-corrected chi connectivity index (χ2v) is 13.8. The van der Waals surface area contributed by atoms with Crippen LogP contribution < -0.4 is 10.3 Å².